The maximum Gasteiger partial charge on any atom is 0.137 e. The molecule has 0 amide bonds. The average Bonchev–Trinajstić information content (AvgIpc) is 2.49. The Bertz CT molecular complexity index is 458. The average molecular weight is 360 g/mol. The molecule has 0 saturated carbocycles. The lowest BCUT2D eigenvalue weighted by Crippen LogP contribution is -2.55. The summed E-state index contributed by atoms with van der Waals surface area (Å²) in [5, 5.41) is 3.39. The van der Waals surface area contributed by atoms with Crippen LogP contribution in [0.2, 0.25) is 0 Å². The van der Waals surface area contributed by atoms with Crippen LogP contribution in [0.15, 0.2) is 22.7 Å². The van der Waals surface area contributed by atoms with Crippen molar-refractivity contribution >= 4 is 15.9 Å². The second-order valence-corrected chi connectivity index (χ2v) is 6.26. The fourth-order valence-electron chi connectivity index (χ4n) is 3.05. The summed E-state index contributed by atoms with van der Waals surface area (Å²) in [6.07, 6.45) is 2.57. The van der Waals surface area contributed by atoms with Crippen LogP contribution < -0.4 is 5.32 Å². The molecule has 1 atom stereocenters. The van der Waals surface area contributed by atoms with Gasteiger partial charge in [-0.25, -0.2) is 4.39 Å². The van der Waals surface area contributed by atoms with E-state index in [0.29, 0.717) is 11.1 Å². The maximum atomic E-state index is 13.4. The summed E-state index contributed by atoms with van der Waals surface area (Å²) in [6, 6.07) is 5.37. The predicted octanol–water partition coefficient (Wildman–Crippen LogP) is 3.30. The number of rotatable bonds is 6. The highest BCUT2D eigenvalue weighted by atomic mass is 79.9. The molecule has 1 aromatic carbocycles. The van der Waals surface area contributed by atoms with Gasteiger partial charge < -0.3 is 14.8 Å². The standard InChI is InChI=1S/C16H23BrFNO2/c1-3-21-16(6-8-20-9-7-16)15(19-2)11-12-4-5-14(18)13(17)10-12/h4-5,10,15,19H,3,6-9,11H2,1-2H3. The van der Waals surface area contributed by atoms with Gasteiger partial charge >= 0.3 is 0 Å². The van der Waals surface area contributed by atoms with E-state index < -0.39 is 0 Å². The fourth-order valence-corrected chi connectivity index (χ4v) is 3.48. The van der Waals surface area contributed by atoms with Crippen molar-refractivity contribution in [1.82, 2.24) is 5.32 Å². The van der Waals surface area contributed by atoms with E-state index in [1.807, 2.05) is 26.1 Å². The lowest BCUT2D eigenvalue weighted by Gasteiger charge is -2.43. The van der Waals surface area contributed by atoms with Crippen molar-refractivity contribution in [3.63, 3.8) is 0 Å². The molecule has 0 radical (unpaired) electrons. The monoisotopic (exact) mass is 359 g/mol. The third-order valence-corrected chi connectivity index (χ3v) is 4.79. The molecule has 118 valence electrons. The third-order valence-electron chi connectivity index (χ3n) is 4.18. The molecule has 1 aromatic rings. The first kappa shape index (κ1) is 16.9. The molecule has 1 aliphatic heterocycles. The molecule has 0 spiro atoms. The summed E-state index contributed by atoms with van der Waals surface area (Å²) in [6.45, 7) is 4.17. The van der Waals surface area contributed by atoms with E-state index in [1.165, 1.54) is 6.07 Å². The first-order valence-corrected chi connectivity index (χ1v) is 8.23. The molecular weight excluding hydrogens is 337 g/mol. The Hall–Kier alpha value is -0.490. The smallest absolute Gasteiger partial charge is 0.137 e. The van der Waals surface area contributed by atoms with Crippen LogP contribution in [0.3, 0.4) is 0 Å². The molecule has 1 unspecified atom stereocenters. The molecule has 0 bridgehead atoms. The Balaban J connectivity index is 2.17. The van der Waals surface area contributed by atoms with Gasteiger partial charge in [-0.15, -0.1) is 0 Å². The van der Waals surface area contributed by atoms with E-state index in [9.17, 15) is 4.39 Å². The number of hydrogen-bond acceptors (Lipinski definition) is 3. The highest BCUT2D eigenvalue weighted by Gasteiger charge is 2.40. The van der Waals surface area contributed by atoms with E-state index in [1.54, 1.807) is 0 Å². The van der Waals surface area contributed by atoms with Crippen LogP contribution in [-0.2, 0) is 15.9 Å². The summed E-state index contributed by atoms with van der Waals surface area (Å²) in [7, 11) is 1.96. The minimum Gasteiger partial charge on any atom is -0.381 e. The van der Waals surface area contributed by atoms with Crippen molar-refractivity contribution in [2.45, 2.75) is 37.8 Å². The molecule has 21 heavy (non-hydrogen) atoms. The molecule has 0 aliphatic carbocycles. The Morgan fingerprint density at radius 1 is 1.43 bits per heavy atom. The second kappa shape index (κ2) is 7.68. The van der Waals surface area contributed by atoms with Crippen LogP contribution >= 0.6 is 15.9 Å². The van der Waals surface area contributed by atoms with Crippen LogP contribution in [0.1, 0.15) is 25.3 Å². The SMILES string of the molecule is CCOC1(C(Cc2ccc(F)c(Br)c2)NC)CCOCC1. The van der Waals surface area contributed by atoms with Crippen molar-refractivity contribution in [3.8, 4) is 0 Å². The first-order chi connectivity index (χ1) is 10.1. The maximum absolute atomic E-state index is 13.4. The Kier molecular flexibility index (Phi) is 6.17. The van der Waals surface area contributed by atoms with Gasteiger partial charge in [-0.1, -0.05) is 6.07 Å². The zero-order chi connectivity index (χ0) is 15.3. The summed E-state index contributed by atoms with van der Waals surface area (Å²) < 4.78 is 25.5. The molecule has 5 heteroatoms. The highest BCUT2D eigenvalue weighted by Crippen LogP contribution is 2.31. The van der Waals surface area contributed by atoms with E-state index >= 15 is 0 Å². The Morgan fingerprint density at radius 2 is 2.14 bits per heavy atom. The summed E-state index contributed by atoms with van der Waals surface area (Å²) in [5.74, 6) is -0.231. The van der Waals surface area contributed by atoms with E-state index in [0.717, 1.165) is 38.0 Å². The number of ether oxygens (including phenoxy) is 2. The minimum absolute atomic E-state index is 0.179. The van der Waals surface area contributed by atoms with Crippen molar-refractivity contribution in [3.05, 3.63) is 34.1 Å². The van der Waals surface area contributed by atoms with Crippen LogP contribution in [0.25, 0.3) is 0 Å². The molecule has 1 fully saturated rings. The van der Waals surface area contributed by atoms with Gasteiger partial charge in [-0.05, 0) is 54.0 Å². The number of nitrogens with one attached hydrogen (secondary N) is 1. The lowest BCUT2D eigenvalue weighted by atomic mass is 9.82. The molecule has 1 heterocycles. The first-order valence-electron chi connectivity index (χ1n) is 7.44. The molecule has 2 rings (SSSR count). The highest BCUT2D eigenvalue weighted by molar-refractivity contribution is 9.10. The van der Waals surface area contributed by atoms with Crippen molar-refractivity contribution in [2.75, 3.05) is 26.9 Å². The lowest BCUT2D eigenvalue weighted by molar-refractivity contribution is -0.125. The largest absolute Gasteiger partial charge is 0.381 e. The number of likely N-dealkylation sites (N-methyl/N-ethyl adjacent to an activating group) is 1. The zero-order valence-electron chi connectivity index (χ0n) is 12.6. The fraction of sp³-hybridized carbons (Fsp3) is 0.625. The molecule has 1 aliphatic rings. The van der Waals surface area contributed by atoms with Crippen LogP contribution in [0, 0.1) is 5.82 Å². The van der Waals surface area contributed by atoms with E-state index in [2.05, 4.69) is 21.2 Å². The minimum atomic E-state index is -0.231. The molecular formula is C16H23BrFNO2. The molecule has 3 nitrogen and oxygen atoms in total. The normalized spacial score (nSPS) is 19.4. The van der Waals surface area contributed by atoms with E-state index in [-0.39, 0.29) is 17.5 Å². The summed E-state index contributed by atoms with van der Waals surface area (Å²) in [5.41, 5.74) is 0.885. The van der Waals surface area contributed by atoms with Gasteiger partial charge in [0.1, 0.15) is 5.82 Å². The van der Waals surface area contributed by atoms with Gasteiger partial charge in [-0.2, -0.15) is 0 Å². The number of hydrogen-bond donors (Lipinski definition) is 1. The number of benzene rings is 1. The van der Waals surface area contributed by atoms with Gasteiger partial charge in [0.05, 0.1) is 10.1 Å². The summed E-state index contributed by atoms with van der Waals surface area (Å²) >= 11 is 3.25. The van der Waals surface area contributed by atoms with Crippen LogP contribution in [0.4, 0.5) is 4.39 Å². The topological polar surface area (TPSA) is 30.5 Å². The molecule has 1 N–H and O–H groups in total. The van der Waals surface area contributed by atoms with Gasteiger partial charge in [0.15, 0.2) is 0 Å². The predicted molar refractivity (Wildman–Crippen MR) is 85.1 cm³/mol. The molecule has 1 saturated heterocycles. The van der Waals surface area contributed by atoms with Crippen molar-refractivity contribution in [1.29, 1.82) is 0 Å². The zero-order valence-corrected chi connectivity index (χ0v) is 14.2. The van der Waals surface area contributed by atoms with Crippen molar-refractivity contribution in [2.24, 2.45) is 0 Å². The third kappa shape index (κ3) is 4.03. The number of halogens is 2. The van der Waals surface area contributed by atoms with Crippen LogP contribution in [0.5, 0.6) is 0 Å². The van der Waals surface area contributed by atoms with Crippen LogP contribution in [-0.4, -0.2) is 38.5 Å². The quantitative estimate of drug-likeness (QED) is 0.845. The van der Waals surface area contributed by atoms with Gasteiger partial charge in [0.2, 0.25) is 0 Å². The van der Waals surface area contributed by atoms with Gasteiger partial charge in [0.25, 0.3) is 0 Å². The van der Waals surface area contributed by atoms with Gasteiger partial charge in [0, 0.05) is 38.7 Å². The summed E-state index contributed by atoms with van der Waals surface area (Å²) in [4.78, 5) is 0. The second-order valence-electron chi connectivity index (χ2n) is 5.40. The Morgan fingerprint density at radius 3 is 2.71 bits per heavy atom. The van der Waals surface area contributed by atoms with Gasteiger partial charge in [-0.3, -0.25) is 0 Å². The van der Waals surface area contributed by atoms with Crippen molar-refractivity contribution < 1.29 is 13.9 Å². The van der Waals surface area contributed by atoms with E-state index in [4.69, 9.17) is 9.47 Å². The Labute approximate surface area is 134 Å². The molecule has 0 aromatic heterocycles.